The summed E-state index contributed by atoms with van der Waals surface area (Å²) in [5, 5.41) is 4.15. The van der Waals surface area contributed by atoms with E-state index in [2.05, 4.69) is 5.10 Å². The second-order valence-corrected chi connectivity index (χ2v) is 4.34. The molecule has 88 valence electrons. The highest BCUT2D eigenvalue weighted by Gasteiger charge is 2.48. The van der Waals surface area contributed by atoms with Crippen LogP contribution in [0, 0.1) is 0 Å². The normalized spacial score (nSPS) is 17.2. The van der Waals surface area contributed by atoms with E-state index in [1.807, 2.05) is 7.05 Å². The monoisotopic (exact) mass is 223 g/mol. The number of nitrogens with zero attached hydrogens (tertiary/aromatic N) is 2. The Bertz CT molecular complexity index is 407. The van der Waals surface area contributed by atoms with Gasteiger partial charge in [-0.15, -0.1) is 0 Å². The largest absolute Gasteiger partial charge is 0.465 e. The summed E-state index contributed by atoms with van der Waals surface area (Å²) in [5.74, 6) is -0.314. The van der Waals surface area contributed by atoms with Crippen LogP contribution in [0.5, 0.6) is 0 Å². The van der Waals surface area contributed by atoms with Crippen molar-refractivity contribution in [1.82, 2.24) is 9.78 Å². The number of esters is 1. The van der Waals surface area contributed by atoms with Gasteiger partial charge in [0.25, 0.3) is 0 Å². The minimum Gasteiger partial charge on any atom is -0.465 e. The summed E-state index contributed by atoms with van der Waals surface area (Å²) in [7, 11) is 3.25. The van der Waals surface area contributed by atoms with Crippen LogP contribution in [0.4, 0.5) is 0 Å². The molecule has 0 bridgehead atoms. The van der Waals surface area contributed by atoms with Crippen molar-refractivity contribution in [3.05, 3.63) is 17.5 Å². The minimum absolute atomic E-state index is 0.0591. The zero-order chi connectivity index (χ0) is 11.8. The molecule has 0 amide bonds. The van der Waals surface area contributed by atoms with Gasteiger partial charge in [-0.1, -0.05) is 0 Å². The van der Waals surface area contributed by atoms with Crippen LogP contribution in [0.2, 0.25) is 0 Å². The van der Waals surface area contributed by atoms with Crippen molar-refractivity contribution in [1.29, 1.82) is 0 Å². The SMILES string of the molecule is COC(=O)c1cnn(C)c1C1(CCN)CC1. The van der Waals surface area contributed by atoms with Crippen LogP contribution < -0.4 is 5.73 Å². The highest BCUT2D eigenvalue weighted by atomic mass is 16.5. The summed E-state index contributed by atoms with van der Waals surface area (Å²) in [6.07, 6.45) is 4.63. The molecule has 2 N–H and O–H groups in total. The van der Waals surface area contributed by atoms with Gasteiger partial charge in [-0.3, -0.25) is 4.68 Å². The van der Waals surface area contributed by atoms with Crippen molar-refractivity contribution in [2.24, 2.45) is 12.8 Å². The molecule has 5 nitrogen and oxygen atoms in total. The van der Waals surface area contributed by atoms with Crippen LogP contribution in [0.3, 0.4) is 0 Å². The number of nitrogens with two attached hydrogens (primary N) is 1. The molecule has 1 aromatic rings. The number of hydrogen-bond acceptors (Lipinski definition) is 4. The molecule has 0 atom stereocenters. The topological polar surface area (TPSA) is 70.1 Å². The Morgan fingerprint density at radius 3 is 2.88 bits per heavy atom. The fourth-order valence-electron chi connectivity index (χ4n) is 2.36. The number of aromatic nitrogens is 2. The Morgan fingerprint density at radius 1 is 1.69 bits per heavy atom. The highest BCUT2D eigenvalue weighted by Crippen LogP contribution is 2.51. The van der Waals surface area contributed by atoms with Crippen LogP contribution in [0.1, 0.15) is 35.3 Å². The molecule has 1 aromatic heterocycles. The van der Waals surface area contributed by atoms with Gasteiger partial charge in [0.15, 0.2) is 0 Å². The lowest BCUT2D eigenvalue weighted by Gasteiger charge is -2.16. The molecule has 16 heavy (non-hydrogen) atoms. The first-order valence-electron chi connectivity index (χ1n) is 5.45. The van der Waals surface area contributed by atoms with E-state index < -0.39 is 0 Å². The average molecular weight is 223 g/mol. The number of carbonyl (C=O) groups is 1. The van der Waals surface area contributed by atoms with Gasteiger partial charge in [0.2, 0.25) is 0 Å². The molecule has 1 fully saturated rings. The van der Waals surface area contributed by atoms with Crippen molar-refractivity contribution in [2.75, 3.05) is 13.7 Å². The summed E-state index contributed by atoms with van der Waals surface area (Å²) in [4.78, 5) is 11.6. The molecule has 5 heteroatoms. The van der Waals surface area contributed by atoms with Crippen molar-refractivity contribution < 1.29 is 9.53 Å². The maximum absolute atomic E-state index is 11.6. The molecule has 1 heterocycles. The Morgan fingerprint density at radius 2 is 2.38 bits per heavy atom. The predicted molar refractivity (Wildman–Crippen MR) is 59.1 cm³/mol. The first kappa shape index (κ1) is 11.1. The number of ether oxygens (including phenoxy) is 1. The van der Waals surface area contributed by atoms with E-state index in [1.54, 1.807) is 10.9 Å². The molecule has 0 spiro atoms. The second-order valence-electron chi connectivity index (χ2n) is 4.34. The smallest absolute Gasteiger partial charge is 0.341 e. The van der Waals surface area contributed by atoms with E-state index in [4.69, 9.17) is 10.5 Å². The Balaban J connectivity index is 2.39. The third-order valence-corrected chi connectivity index (χ3v) is 3.32. The van der Waals surface area contributed by atoms with Gasteiger partial charge in [-0.2, -0.15) is 5.10 Å². The van der Waals surface area contributed by atoms with Gasteiger partial charge < -0.3 is 10.5 Å². The maximum atomic E-state index is 11.6. The number of aryl methyl sites for hydroxylation is 1. The van der Waals surface area contributed by atoms with Crippen LogP contribution in [-0.4, -0.2) is 29.4 Å². The zero-order valence-electron chi connectivity index (χ0n) is 9.69. The number of carbonyl (C=O) groups excluding carboxylic acids is 1. The van der Waals surface area contributed by atoms with Crippen LogP contribution >= 0.6 is 0 Å². The Hall–Kier alpha value is -1.36. The number of hydrogen-bond donors (Lipinski definition) is 1. The Kier molecular flexibility index (Phi) is 2.71. The predicted octanol–water partition coefficient (Wildman–Crippen LogP) is 0.587. The average Bonchev–Trinajstić information content (AvgIpc) is 2.93. The summed E-state index contributed by atoms with van der Waals surface area (Å²) < 4.78 is 6.54. The molecule has 0 aromatic carbocycles. The first-order chi connectivity index (χ1) is 7.64. The molecule has 1 aliphatic carbocycles. The van der Waals surface area contributed by atoms with Crippen molar-refractivity contribution >= 4 is 5.97 Å². The van der Waals surface area contributed by atoms with Crippen molar-refractivity contribution in [2.45, 2.75) is 24.7 Å². The molecule has 0 radical (unpaired) electrons. The molecule has 1 aliphatic rings. The maximum Gasteiger partial charge on any atom is 0.341 e. The highest BCUT2D eigenvalue weighted by molar-refractivity contribution is 5.91. The molecule has 0 saturated heterocycles. The standard InChI is InChI=1S/C11H17N3O2/c1-14-9(11(3-4-11)5-6-12)8(7-13-14)10(15)16-2/h7H,3-6,12H2,1-2H3. The fraction of sp³-hybridized carbons (Fsp3) is 0.636. The van der Waals surface area contributed by atoms with Gasteiger partial charge >= 0.3 is 5.97 Å². The number of rotatable bonds is 4. The van der Waals surface area contributed by atoms with E-state index in [9.17, 15) is 4.79 Å². The van der Waals surface area contributed by atoms with E-state index >= 15 is 0 Å². The van der Waals surface area contributed by atoms with E-state index in [0.29, 0.717) is 12.1 Å². The Labute approximate surface area is 94.6 Å². The summed E-state index contributed by atoms with van der Waals surface area (Å²) in [6, 6.07) is 0. The van der Waals surface area contributed by atoms with Gasteiger partial charge in [-0.25, -0.2) is 4.79 Å². The molecular weight excluding hydrogens is 206 g/mol. The second kappa shape index (κ2) is 3.90. The van der Waals surface area contributed by atoms with E-state index in [1.165, 1.54) is 7.11 Å². The molecule has 1 saturated carbocycles. The summed E-state index contributed by atoms with van der Waals surface area (Å²) in [6.45, 7) is 0.631. The van der Waals surface area contributed by atoms with Crippen molar-refractivity contribution in [3.8, 4) is 0 Å². The van der Waals surface area contributed by atoms with Gasteiger partial charge in [-0.05, 0) is 25.8 Å². The van der Waals surface area contributed by atoms with E-state index in [-0.39, 0.29) is 11.4 Å². The molecule has 0 aliphatic heterocycles. The van der Waals surface area contributed by atoms with Crippen LogP contribution in [0.25, 0.3) is 0 Å². The zero-order valence-corrected chi connectivity index (χ0v) is 9.69. The third-order valence-electron chi connectivity index (χ3n) is 3.32. The van der Waals surface area contributed by atoms with Crippen molar-refractivity contribution in [3.63, 3.8) is 0 Å². The van der Waals surface area contributed by atoms with Crippen LogP contribution in [0.15, 0.2) is 6.20 Å². The van der Waals surface area contributed by atoms with E-state index in [0.717, 1.165) is 25.0 Å². The lowest BCUT2D eigenvalue weighted by molar-refractivity contribution is 0.0598. The van der Waals surface area contributed by atoms with Crippen LogP contribution in [-0.2, 0) is 17.2 Å². The fourth-order valence-corrected chi connectivity index (χ4v) is 2.36. The summed E-state index contributed by atoms with van der Waals surface area (Å²) >= 11 is 0. The number of methoxy groups -OCH3 is 1. The van der Waals surface area contributed by atoms with Gasteiger partial charge in [0.05, 0.1) is 19.0 Å². The molecular formula is C11H17N3O2. The minimum atomic E-state index is -0.314. The lowest BCUT2D eigenvalue weighted by Crippen LogP contribution is -2.20. The quantitative estimate of drug-likeness (QED) is 0.758. The summed E-state index contributed by atoms with van der Waals surface area (Å²) in [5.41, 5.74) is 7.24. The first-order valence-corrected chi connectivity index (χ1v) is 5.45. The third kappa shape index (κ3) is 1.61. The van der Waals surface area contributed by atoms with Gasteiger partial charge in [0.1, 0.15) is 5.56 Å². The molecule has 0 unspecified atom stereocenters. The molecule has 2 rings (SSSR count). The lowest BCUT2D eigenvalue weighted by atomic mass is 9.94. The van der Waals surface area contributed by atoms with Gasteiger partial charge in [0, 0.05) is 12.5 Å².